The number of carbonyl (C=O) groups is 2. The number of rotatable bonds is 48. The zero-order valence-electron chi connectivity index (χ0n) is 43.9. The summed E-state index contributed by atoms with van der Waals surface area (Å²) < 4.78 is 11.8. The molecular weight excluding hydrogens is 793 g/mol. The molecule has 1 heterocycles. The fraction of sp³-hybridized carbons (Fsp3) is 0.965. The van der Waals surface area contributed by atoms with Crippen LogP contribution in [0.3, 0.4) is 0 Å². The van der Waals surface area contributed by atoms with Crippen LogP contribution < -0.4 is 0 Å². The fourth-order valence-electron chi connectivity index (χ4n) is 9.96. The molecule has 0 aromatic rings. The number of hydrogen-bond donors (Lipinski definition) is 1. The first kappa shape index (κ1) is 60.8. The molecule has 1 aliphatic heterocycles. The van der Waals surface area contributed by atoms with Crippen LogP contribution in [0, 0.1) is 11.8 Å². The zero-order chi connectivity index (χ0) is 46.6. The monoisotopic (exact) mass is 905 g/mol. The SMILES string of the molecule is CCCCCCCCC(CCCCCCCC)COC(=O)CCCCCN(CCCCCC(=O)OCC(CCCCCCCC)CCCCCCCC)CC1(O)CCN(CCC)CC1. The van der Waals surface area contributed by atoms with E-state index < -0.39 is 5.60 Å². The Morgan fingerprint density at radius 1 is 0.469 bits per heavy atom. The zero-order valence-corrected chi connectivity index (χ0v) is 43.9. The summed E-state index contributed by atoms with van der Waals surface area (Å²) in [7, 11) is 0. The van der Waals surface area contributed by atoms with E-state index in [4.69, 9.17) is 9.47 Å². The maximum Gasteiger partial charge on any atom is 0.305 e. The maximum absolute atomic E-state index is 12.9. The van der Waals surface area contributed by atoms with Gasteiger partial charge in [-0.15, -0.1) is 0 Å². The summed E-state index contributed by atoms with van der Waals surface area (Å²) in [6.07, 6.45) is 45.9. The largest absolute Gasteiger partial charge is 0.465 e. The van der Waals surface area contributed by atoms with Gasteiger partial charge in [-0.25, -0.2) is 0 Å². The Kier molecular flexibility index (Phi) is 42.1. The van der Waals surface area contributed by atoms with Crippen molar-refractivity contribution in [1.29, 1.82) is 0 Å². The Bertz CT molecular complexity index is 922. The van der Waals surface area contributed by atoms with Crippen LogP contribution in [0.4, 0.5) is 0 Å². The Hall–Kier alpha value is -1.18. The molecule has 380 valence electrons. The highest BCUT2D eigenvalue weighted by Gasteiger charge is 2.33. The number of ether oxygens (including phenoxy) is 2. The van der Waals surface area contributed by atoms with Gasteiger partial charge in [0.05, 0.1) is 18.8 Å². The van der Waals surface area contributed by atoms with Crippen LogP contribution in [0.25, 0.3) is 0 Å². The van der Waals surface area contributed by atoms with Crippen molar-refractivity contribution >= 4 is 11.9 Å². The number of hydrogen-bond acceptors (Lipinski definition) is 7. The van der Waals surface area contributed by atoms with E-state index in [9.17, 15) is 14.7 Å². The predicted octanol–water partition coefficient (Wildman–Crippen LogP) is 16.0. The van der Waals surface area contributed by atoms with Gasteiger partial charge in [0, 0.05) is 32.5 Å². The van der Waals surface area contributed by atoms with Gasteiger partial charge in [-0.3, -0.25) is 9.59 Å². The molecule has 0 unspecified atom stereocenters. The second-order valence-electron chi connectivity index (χ2n) is 20.8. The summed E-state index contributed by atoms with van der Waals surface area (Å²) >= 11 is 0. The number of unbranched alkanes of at least 4 members (excludes halogenated alkanes) is 24. The quantitative estimate of drug-likeness (QED) is 0.0481. The number of likely N-dealkylation sites (tertiary alicyclic amines) is 1. The van der Waals surface area contributed by atoms with Crippen LogP contribution in [0.5, 0.6) is 0 Å². The van der Waals surface area contributed by atoms with Gasteiger partial charge in [0.2, 0.25) is 0 Å². The van der Waals surface area contributed by atoms with Gasteiger partial charge < -0.3 is 24.4 Å². The lowest BCUT2D eigenvalue weighted by Crippen LogP contribution is -2.51. The van der Waals surface area contributed by atoms with Gasteiger partial charge in [-0.1, -0.05) is 202 Å². The molecule has 1 rings (SSSR count). The summed E-state index contributed by atoms with van der Waals surface area (Å²) in [6, 6.07) is 0. The molecule has 0 aliphatic carbocycles. The number of aliphatic hydroxyl groups is 1. The smallest absolute Gasteiger partial charge is 0.305 e. The Labute approximate surface area is 399 Å². The van der Waals surface area contributed by atoms with E-state index in [1.54, 1.807) is 0 Å². The molecule has 1 fully saturated rings. The van der Waals surface area contributed by atoms with E-state index in [0.29, 0.717) is 44.4 Å². The summed E-state index contributed by atoms with van der Waals surface area (Å²) in [5.74, 6) is 0.968. The van der Waals surface area contributed by atoms with Crippen molar-refractivity contribution in [3.8, 4) is 0 Å². The molecule has 0 saturated carbocycles. The van der Waals surface area contributed by atoms with Gasteiger partial charge in [0.15, 0.2) is 0 Å². The highest BCUT2D eigenvalue weighted by Crippen LogP contribution is 2.25. The van der Waals surface area contributed by atoms with E-state index in [1.807, 2.05) is 0 Å². The van der Waals surface area contributed by atoms with Crippen LogP contribution in [-0.2, 0) is 19.1 Å². The van der Waals surface area contributed by atoms with Crippen LogP contribution in [0.15, 0.2) is 0 Å². The summed E-state index contributed by atoms with van der Waals surface area (Å²) in [4.78, 5) is 30.8. The molecule has 64 heavy (non-hydrogen) atoms. The second-order valence-corrected chi connectivity index (χ2v) is 20.8. The Morgan fingerprint density at radius 3 is 1.14 bits per heavy atom. The molecule has 0 aromatic heterocycles. The van der Waals surface area contributed by atoms with Crippen molar-refractivity contribution < 1.29 is 24.2 Å². The third-order valence-electron chi connectivity index (χ3n) is 14.4. The topological polar surface area (TPSA) is 79.3 Å². The standard InChI is InChI=1S/C57H112N2O5/c1-6-11-15-19-23-29-37-53(38-30-24-20-16-12-7-2)50-63-55(60)41-33-27-35-46-59(52-57(62)43-48-58(45-10-5)49-44-57)47-36-28-34-42-56(61)64-51-54(39-31-25-21-17-13-8-3)40-32-26-22-18-14-9-4/h53-54,62H,6-52H2,1-5H3. The van der Waals surface area contributed by atoms with E-state index in [0.717, 1.165) is 90.5 Å². The average molecular weight is 906 g/mol. The van der Waals surface area contributed by atoms with Crippen molar-refractivity contribution in [3.05, 3.63) is 0 Å². The molecule has 7 heteroatoms. The maximum atomic E-state index is 12.9. The van der Waals surface area contributed by atoms with Gasteiger partial charge >= 0.3 is 11.9 Å². The number of carbonyl (C=O) groups excluding carboxylic acids is 2. The molecule has 7 nitrogen and oxygen atoms in total. The molecule has 0 atom stereocenters. The van der Waals surface area contributed by atoms with Crippen molar-refractivity contribution in [2.75, 3.05) is 52.5 Å². The molecule has 0 radical (unpaired) electrons. The van der Waals surface area contributed by atoms with Crippen molar-refractivity contribution in [3.63, 3.8) is 0 Å². The Morgan fingerprint density at radius 2 is 0.797 bits per heavy atom. The van der Waals surface area contributed by atoms with Crippen molar-refractivity contribution in [1.82, 2.24) is 9.80 Å². The lowest BCUT2D eigenvalue weighted by atomic mass is 9.90. The van der Waals surface area contributed by atoms with E-state index in [-0.39, 0.29) is 11.9 Å². The third-order valence-corrected chi connectivity index (χ3v) is 14.4. The second kappa shape index (κ2) is 44.3. The van der Waals surface area contributed by atoms with E-state index >= 15 is 0 Å². The predicted molar refractivity (Wildman–Crippen MR) is 275 cm³/mol. The van der Waals surface area contributed by atoms with Crippen molar-refractivity contribution in [2.24, 2.45) is 11.8 Å². The molecular formula is C57H112N2O5. The van der Waals surface area contributed by atoms with Gasteiger partial charge in [0.25, 0.3) is 0 Å². The normalized spacial score (nSPS) is 14.3. The first-order chi connectivity index (χ1) is 31.3. The lowest BCUT2D eigenvalue weighted by molar-refractivity contribution is -0.146. The first-order valence-corrected chi connectivity index (χ1v) is 28.8. The molecule has 0 bridgehead atoms. The number of esters is 2. The lowest BCUT2D eigenvalue weighted by Gasteiger charge is -2.41. The van der Waals surface area contributed by atoms with Crippen LogP contribution in [-0.4, -0.2) is 84.9 Å². The molecule has 1 saturated heterocycles. The van der Waals surface area contributed by atoms with Crippen LogP contribution in [0.1, 0.15) is 285 Å². The van der Waals surface area contributed by atoms with Crippen molar-refractivity contribution in [2.45, 2.75) is 291 Å². The average Bonchev–Trinajstić information content (AvgIpc) is 3.29. The number of nitrogens with zero attached hydrogens (tertiary/aromatic N) is 2. The van der Waals surface area contributed by atoms with Gasteiger partial charge in [-0.05, 0) is 102 Å². The molecule has 1 N–H and O–H groups in total. The molecule has 1 aliphatic rings. The fourth-order valence-corrected chi connectivity index (χ4v) is 9.96. The van der Waals surface area contributed by atoms with Gasteiger partial charge in [-0.2, -0.15) is 0 Å². The summed E-state index contributed by atoms with van der Waals surface area (Å²) in [6.45, 7) is 18.2. The third kappa shape index (κ3) is 36.9. The summed E-state index contributed by atoms with van der Waals surface area (Å²) in [5.41, 5.74) is -0.638. The minimum Gasteiger partial charge on any atom is -0.465 e. The highest BCUT2D eigenvalue weighted by molar-refractivity contribution is 5.69. The highest BCUT2D eigenvalue weighted by atomic mass is 16.5. The van der Waals surface area contributed by atoms with E-state index in [2.05, 4.69) is 44.4 Å². The molecule has 0 amide bonds. The Balaban J connectivity index is 2.55. The molecule has 0 spiro atoms. The van der Waals surface area contributed by atoms with E-state index in [1.165, 1.54) is 180 Å². The first-order valence-electron chi connectivity index (χ1n) is 28.8. The van der Waals surface area contributed by atoms with Crippen LogP contribution >= 0.6 is 0 Å². The number of piperidine rings is 1. The van der Waals surface area contributed by atoms with Crippen LogP contribution in [0.2, 0.25) is 0 Å². The minimum atomic E-state index is -0.638. The molecule has 0 aromatic carbocycles. The van der Waals surface area contributed by atoms with Gasteiger partial charge in [0.1, 0.15) is 0 Å². The summed E-state index contributed by atoms with van der Waals surface area (Å²) in [5, 5.41) is 11.7. The minimum absolute atomic E-state index is 0.0226.